The number of carboxylic acid groups (broad SMARTS) is 1. The van der Waals surface area contributed by atoms with Crippen molar-refractivity contribution in [1.82, 2.24) is 5.32 Å². The Bertz CT molecular complexity index is 1490. The van der Waals surface area contributed by atoms with Crippen molar-refractivity contribution in [1.29, 1.82) is 0 Å². The molecule has 4 aromatic rings. The van der Waals surface area contributed by atoms with Crippen molar-refractivity contribution in [2.24, 2.45) is 0 Å². The highest BCUT2D eigenvalue weighted by Gasteiger charge is 2.11. The summed E-state index contributed by atoms with van der Waals surface area (Å²) in [6, 6.07) is 29.2. The van der Waals surface area contributed by atoms with E-state index in [0.717, 1.165) is 28.7 Å². The van der Waals surface area contributed by atoms with E-state index in [9.17, 15) is 9.59 Å². The summed E-state index contributed by atoms with van der Waals surface area (Å²) in [5.41, 5.74) is 11.2. The van der Waals surface area contributed by atoms with Crippen molar-refractivity contribution in [3.8, 4) is 11.1 Å². The number of hydrogen-bond donors (Lipinski definition) is 2. The van der Waals surface area contributed by atoms with Crippen molar-refractivity contribution in [2.75, 3.05) is 0 Å². The van der Waals surface area contributed by atoms with Crippen LogP contribution in [0.4, 0.5) is 0 Å². The van der Waals surface area contributed by atoms with E-state index in [4.69, 9.17) is 5.11 Å². The lowest BCUT2D eigenvalue weighted by Crippen LogP contribution is -2.22. The number of allylic oxidation sites excluding steroid dienone is 2. The van der Waals surface area contributed by atoms with Crippen LogP contribution in [0.5, 0.6) is 0 Å². The Morgan fingerprint density at radius 1 is 0.750 bits per heavy atom. The van der Waals surface area contributed by atoms with E-state index >= 15 is 0 Å². The Hall–Kier alpha value is -4.44. The molecule has 0 aliphatic rings. The molecule has 0 spiro atoms. The largest absolute Gasteiger partial charge is 0.478 e. The highest BCUT2D eigenvalue weighted by molar-refractivity contribution is 5.96. The molecule has 0 aliphatic carbocycles. The molecule has 4 nitrogen and oxygen atoms in total. The minimum atomic E-state index is -0.889. The van der Waals surface area contributed by atoms with Gasteiger partial charge in [-0.1, -0.05) is 90.9 Å². The topological polar surface area (TPSA) is 66.4 Å². The lowest BCUT2D eigenvalue weighted by atomic mass is 9.96. The van der Waals surface area contributed by atoms with Crippen molar-refractivity contribution >= 4 is 17.4 Å². The number of rotatable bonds is 7. The van der Waals surface area contributed by atoms with Crippen LogP contribution < -0.4 is 5.32 Å². The summed E-state index contributed by atoms with van der Waals surface area (Å²) < 4.78 is 0. The third kappa shape index (κ3) is 8.03. The number of benzene rings is 4. The predicted octanol–water partition coefficient (Wildman–Crippen LogP) is 8.66. The smallest absolute Gasteiger partial charge is 0.336 e. The maximum Gasteiger partial charge on any atom is 0.336 e. The van der Waals surface area contributed by atoms with Crippen molar-refractivity contribution in [2.45, 2.75) is 54.5 Å². The molecule has 40 heavy (non-hydrogen) atoms. The lowest BCUT2D eigenvalue weighted by Gasteiger charge is -2.12. The molecule has 0 aromatic heterocycles. The fraction of sp³-hybridized carbons (Fsp3) is 0.222. The second-order valence-electron chi connectivity index (χ2n) is 10.2. The Morgan fingerprint density at radius 2 is 1.38 bits per heavy atom. The SMILES string of the molecule is CC(C)=C(C)c1cc(C(=O)NCc2ccc(C)cc2)ccc1C.CCc1ccc(-c2ccccc2C(=O)O)cc1. The van der Waals surface area contributed by atoms with Gasteiger partial charge in [0, 0.05) is 12.1 Å². The van der Waals surface area contributed by atoms with Gasteiger partial charge in [-0.05, 0) is 98.2 Å². The molecule has 0 atom stereocenters. The van der Waals surface area contributed by atoms with Gasteiger partial charge in [0.25, 0.3) is 5.91 Å². The third-order valence-corrected chi connectivity index (χ3v) is 7.06. The number of carbonyl (C=O) groups excluding carboxylic acids is 1. The molecule has 0 heterocycles. The van der Waals surface area contributed by atoms with Crippen LogP contribution in [0.25, 0.3) is 16.7 Å². The molecule has 0 aliphatic heterocycles. The first-order valence-corrected chi connectivity index (χ1v) is 13.6. The van der Waals surface area contributed by atoms with Crippen molar-refractivity contribution in [3.05, 3.63) is 136 Å². The minimum Gasteiger partial charge on any atom is -0.478 e. The Balaban J connectivity index is 0.000000230. The van der Waals surface area contributed by atoms with Crippen LogP contribution in [0.1, 0.15) is 76.2 Å². The van der Waals surface area contributed by atoms with Crippen LogP contribution in [-0.4, -0.2) is 17.0 Å². The summed E-state index contributed by atoms with van der Waals surface area (Å²) in [6.45, 7) is 13.1. The van der Waals surface area contributed by atoms with E-state index in [1.165, 1.54) is 27.8 Å². The first-order valence-electron chi connectivity index (χ1n) is 13.6. The molecule has 2 N–H and O–H groups in total. The van der Waals surface area contributed by atoms with Crippen LogP contribution in [0.3, 0.4) is 0 Å². The van der Waals surface area contributed by atoms with E-state index in [-0.39, 0.29) is 5.91 Å². The molecular weight excluding hydrogens is 494 g/mol. The van der Waals surface area contributed by atoms with Gasteiger partial charge in [0.15, 0.2) is 0 Å². The fourth-order valence-electron chi connectivity index (χ4n) is 4.27. The lowest BCUT2D eigenvalue weighted by molar-refractivity contribution is 0.0697. The van der Waals surface area contributed by atoms with Gasteiger partial charge in [0.05, 0.1) is 5.56 Å². The number of amides is 1. The molecule has 4 rings (SSSR count). The zero-order chi connectivity index (χ0) is 29.2. The Labute approximate surface area is 238 Å². The molecule has 0 unspecified atom stereocenters. The first kappa shape index (κ1) is 30.1. The molecule has 4 aromatic carbocycles. The average Bonchev–Trinajstić information content (AvgIpc) is 2.97. The summed E-state index contributed by atoms with van der Waals surface area (Å²) in [5.74, 6) is -0.923. The maximum absolute atomic E-state index is 12.4. The first-order chi connectivity index (χ1) is 19.1. The van der Waals surface area contributed by atoms with Crippen molar-refractivity contribution in [3.63, 3.8) is 0 Å². The van der Waals surface area contributed by atoms with Crippen LogP contribution in [0.2, 0.25) is 0 Å². The quantitative estimate of drug-likeness (QED) is 0.250. The second-order valence-corrected chi connectivity index (χ2v) is 10.2. The molecule has 0 radical (unpaired) electrons. The van der Waals surface area contributed by atoms with Crippen LogP contribution in [0, 0.1) is 13.8 Å². The van der Waals surface area contributed by atoms with Gasteiger partial charge in [-0.3, -0.25) is 4.79 Å². The molecule has 0 fully saturated rings. The standard InChI is InChI=1S/C21H25NO.C15H14O2/c1-14(2)17(5)20-12-19(11-8-16(20)4)21(23)22-13-18-9-6-15(3)7-10-18;1-2-11-7-9-12(10-8-11)13-5-3-4-6-14(13)15(16)17/h6-12H,13H2,1-5H3,(H,22,23);3-10H,2H2,1H3,(H,16,17). The number of aromatic carboxylic acids is 1. The number of nitrogens with one attached hydrogen (secondary N) is 1. The Kier molecular flexibility index (Phi) is 10.6. The van der Waals surface area contributed by atoms with E-state index in [1.54, 1.807) is 12.1 Å². The van der Waals surface area contributed by atoms with Gasteiger partial charge in [-0.25, -0.2) is 4.79 Å². The van der Waals surface area contributed by atoms with Gasteiger partial charge in [-0.2, -0.15) is 0 Å². The van der Waals surface area contributed by atoms with E-state index in [2.05, 4.69) is 59.0 Å². The van der Waals surface area contributed by atoms with Gasteiger partial charge in [-0.15, -0.1) is 0 Å². The maximum atomic E-state index is 12.4. The van der Waals surface area contributed by atoms with Gasteiger partial charge in [0.1, 0.15) is 0 Å². The average molecular weight is 534 g/mol. The zero-order valence-corrected chi connectivity index (χ0v) is 24.3. The van der Waals surface area contributed by atoms with E-state index < -0.39 is 5.97 Å². The van der Waals surface area contributed by atoms with Crippen LogP contribution in [-0.2, 0) is 13.0 Å². The second kappa shape index (κ2) is 14.1. The normalized spacial score (nSPS) is 10.2. The third-order valence-electron chi connectivity index (χ3n) is 7.06. The zero-order valence-electron chi connectivity index (χ0n) is 24.3. The highest BCUT2D eigenvalue weighted by Crippen LogP contribution is 2.25. The minimum absolute atomic E-state index is 0.0339. The summed E-state index contributed by atoms with van der Waals surface area (Å²) in [4.78, 5) is 23.5. The molecule has 0 bridgehead atoms. The van der Waals surface area contributed by atoms with E-state index in [0.29, 0.717) is 17.7 Å². The summed E-state index contributed by atoms with van der Waals surface area (Å²) in [7, 11) is 0. The molecule has 1 amide bonds. The summed E-state index contributed by atoms with van der Waals surface area (Å²) in [5, 5.41) is 12.1. The molecular formula is C36H39NO3. The summed E-state index contributed by atoms with van der Waals surface area (Å²) in [6.07, 6.45) is 0.987. The van der Waals surface area contributed by atoms with E-state index in [1.807, 2.05) is 66.7 Å². The van der Waals surface area contributed by atoms with Gasteiger partial charge < -0.3 is 10.4 Å². The molecule has 0 saturated heterocycles. The monoisotopic (exact) mass is 533 g/mol. The fourth-order valence-corrected chi connectivity index (χ4v) is 4.27. The Morgan fingerprint density at radius 3 is 1.98 bits per heavy atom. The van der Waals surface area contributed by atoms with Crippen molar-refractivity contribution < 1.29 is 14.7 Å². The number of hydrogen-bond acceptors (Lipinski definition) is 2. The number of carbonyl (C=O) groups is 2. The number of carboxylic acids is 1. The predicted molar refractivity (Wildman–Crippen MR) is 166 cm³/mol. The molecule has 0 saturated carbocycles. The number of aryl methyl sites for hydroxylation is 3. The highest BCUT2D eigenvalue weighted by atomic mass is 16.4. The summed E-state index contributed by atoms with van der Waals surface area (Å²) >= 11 is 0. The molecule has 4 heteroatoms. The van der Waals surface area contributed by atoms with Gasteiger partial charge >= 0.3 is 5.97 Å². The van der Waals surface area contributed by atoms with Crippen LogP contribution in [0.15, 0.2) is 96.6 Å². The molecule has 206 valence electrons. The van der Waals surface area contributed by atoms with Gasteiger partial charge in [0.2, 0.25) is 0 Å². The van der Waals surface area contributed by atoms with Crippen LogP contribution >= 0.6 is 0 Å².